The molecular weight excluding hydrogens is 200 g/mol. The van der Waals surface area contributed by atoms with Gasteiger partial charge in [-0.05, 0) is 24.1 Å². The molecule has 0 saturated carbocycles. The summed E-state index contributed by atoms with van der Waals surface area (Å²) in [7, 11) is 0. The van der Waals surface area contributed by atoms with Gasteiger partial charge >= 0.3 is 0 Å². The summed E-state index contributed by atoms with van der Waals surface area (Å²) in [5, 5.41) is -0.815. The van der Waals surface area contributed by atoms with E-state index in [-0.39, 0.29) is 5.78 Å². The van der Waals surface area contributed by atoms with E-state index >= 15 is 0 Å². The van der Waals surface area contributed by atoms with Crippen LogP contribution in [0.15, 0.2) is 24.3 Å². The molecular formula is C9H8N2O2S. The van der Waals surface area contributed by atoms with Crippen LogP contribution >= 0.6 is 11.9 Å². The summed E-state index contributed by atoms with van der Waals surface area (Å²) in [5.41, 5.74) is 6.35. The van der Waals surface area contributed by atoms with E-state index < -0.39 is 11.2 Å². The van der Waals surface area contributed by atoms with E-state index in [9.17, 15) is 9.59 Å². The standard InChI is InChI=1S/C9H8N2O2S/c10-9(13)8-7(12)5-3-1-2-4-6(5)11-14-8/h1-4,8,11H,(H2,10,13). The van der Waals surface area contributed by atoms with Gasteiger partial charge in [-0.2, -0.15) is 0 Å². The molecule has 1 heterocycles. The van der Waals surface area contributed by atoms with Crippen LogP contribution in [0.3, 0.4) is 0 Å². The minimum Gasteiger partial charge on any atom is -0.368 e. The Bertz CT molecular complexity index is 406. The van der Waals surface area contributed by atoms with E-state index in [4.69, 9.17) is 5.73 Å². The normalized spacial score (nSPS) is 19.7. The summed E-state index contributed by atoms with van der Waals surface area (Å²) in [6.45, 7) is 0. The van der Waals surface area contributed by atoms with Crippen LogP contribution in [0.5, 0.6) is 0 Å². The lowest BCUT2D eigenvalue weighted by atomic mass is 10.1. The van der Waals surface area contributed by atoms with Gasteiger partial charge in [-0.25, -0.2) is 0 Å². The fourth-order valence-electron chi connectivity index (χ4n) is 1.29. The molecule has 0 aliphatic carbocycles. The van der Waals surface area contributed by atoms with Crippen molar-refractivity contribution in [3.05, 3.63) is 29.8 Å². The molecule has 3 N–H and O–H groups in total. The Hall–Kier alpha value is -1.49. The van der Waals surface area contributed by atoms with Gasteiger partial charge < -0.3 is 10.5 Å². The molecule has 1 aromatic carbocycles. The lowest BCUT2D eigenvalue weighted by Crippen LogP contribution is -2.36. The Labute approximate surface area is 85.0 Å². The van der Waals surface area contributed by atoms with Crippen molar-refractivity contribution in [2.24, 2.45) is 5.73 Å². The summed E-state index contributed by atoms with van der Waals surface area (Å²) in [5.74, 6) is -0.834. The van der Waals surface area contributed by atoms with Crippen molar-refractivity contribution >= 4 is 29.3 Å². The fourth-order valence-corrected chi connectivity index (χ4v) is 2.06. The van der Waals surface area contributed by atoms with Crippen molar-refractivity contribution in [3.8, 4) is 0 Å². The van der Waals surface area contributed by atoms with Crippen LogP contribution in [0.2, 0.25) is 0 Å². The van der Waals surface area contributed by atoms with Gasteiger partial charge in [0.15, 0.2) is 11.0 Å². The first-order valence-corrected chi connectivity index (χ1v) is 4.92. The van der Waals surface area contributed by atoms with Crippen molar-refractivity contribution in [1.29, 1.82) is 0 Å². The molecule has 1 aliphatic heterocycles. The molecule has 1 aliphatic rings. The van der Waals surface area contributed by atoms with Gasteiger partial charge in [0.2, 0.25) is 5.91 Å². The number of fused-ring (bicyclic) bond motifs is 1. The second-order valence-electron chi connectivity index (χ2n) is 2.91. The third kappa shape index (κ3) is 1.35. The number of benzene rings is 1. The molecule has 0 spiro atoms. The number of carbonyl (C=O) groups excluding carboxylic acids is 2. The van der Waals surface area contributed by atoms with Gasteiger partial charge in [0, 0.05) is 5.56 Å². The number of nitrogens with two attached hydrogens (primary N) is 1. The molecule has 1 amide bonds. The number of Topliss-reactive ketones (excluding diaryl/α,β-unsaturated/α-hetero) is 1. The van der Waals surface area contributed by atoms with Crippen LogP contribution in [-0.2, 0) is 4.79 Å². The first kappa shape index (κ1) is 9.08. The number of anilines is 1. The van der Waals surface area contributed by atoms with Crippen molar-refractivity contribution in [2.45, 2.75) is 5.25 Å². The SMILES string of the molecule is NC(=O)C1SNc2ccccc2C1=O. The predicted molar refractivity (Wildman–Crippen MR) is 55.0 cm³/mol. The fraction of sp³-hybridized carbons (Fsp3) is 0.111. The first-order valence-electron chi connectivity index (χ1n) is 4.04. The molecule has 0 bridgehead atoms. The van der Waals surface area contributed by atoms with Gasteiger partial charge in [-0.15, -0.1) is 0 Å². The van der Waals surface area contributed by atoms with Crippen LogP contribution in [0.4, 0.5) is 5.69 Å². The van der Waals surface area contributed by atoms with E-state index in [2.05, 4.69) is 4.72 Å². The summed E-state index contributed by atoms with van der Waals surface area (Å²) in [4.78, 5) is 22.6. The quantitative estimate of drug-likeness (QED) is 0.529. The molecule has 1 atom stereocenters. The number of para-hydroxylation sites is 1. The third-order valence-corrected chi connectivity index (χ3v) is 3.00. The maximum absolute atomic E-state index is 11.7. The summed E-state index contributed by atoms with van der Waals surface area (Å²) < 4.78 is 2.92. The molecule has 0 aromatic heterocycles. The number of ketones is 1. The maximum atomic E-state index is 11.7. The van der Waals surface area contributed by atoms with E-state index in [0.717, 1.165) is 17.6 Å². The largest absolute Gasteiger partial charge is 0.368 e. The Morgan fingerprint density at radius 2 is 2.14 bits per heavy atom. The number of rotatable bonds is 1. The van der Waals surface area contributed by atoms with E-state index in [0.29, 0.717) is 5.56 Å². The molecule has 0 saturated heterocycles. The van der Waals surface area contributed by atoms with Crippen molar-refractivity contribution in [3.63, 3.8) is 0 Å². The number of hydrogen-bond acceptors (Lipinski definition) is 4. The van der Waals surface area contributed by atoms with Crippen molar-refractivity contribution in [2.75, 3.05) is 4.72 Å². The lowest BCUT2D eigenvalue weighted by Gasteiger charge is -2.21. The molecule has 1 aromatic rings. The van der Waals surface area contributed by atoms with Gasteiger partial charge in [-0.3, -0.25) is 9.59 Å². The Morgan fingerprint density at radius 3 is 2.86 bits per heavy atom. The minimum absolute atomic E-state index is 0.225. The highest BCUT2D eigenvalue weighted by molar-refractivity contribution is 8.02. The van der Waals surface area contributed by atoms with Gasteiger partial charge in [0.1, 0.15) is 0 Å². The van der Waals surface area contributed by atoms with E-state index in [1.807, 2.05) is 6.07 Å². The van der Waals surface area contributed by atoms with Crippen LogP contribution in [0.25, 0.3) is 0 Å². The molecule has 5 heteroatoms. The second kappa shape index (κ2) is 3.34. The predicted octanol–water partition coefficient (Wildman–Crippen LogP) is 0.797. The number of amides is 1. The summed E-state index contributed by atoms with van der Waals surface area (Å²) in [6.07, 6.45) is 0. The highest BCUT2D eigenvalue weighted by atomic mass is 32.2. The van der Waals surface area contributed by atoms with Crippen LogP contribution < -0.4 is 10.5 Å². The van der Waals surface area contributed by atoms with E-state index in [1.54, 1.807) is 18.2 Å². The van der Waals surface area contributed by atoms with Crippen molar-refractivity contribution in [1.82, 2.24) is 0 Å². The molecule has 72 valence electrons. The van der Waals surface area contributed by atoms with Gasteiger partial charge in [0.25, 0.3) is 0 Å². The van der Waals surface area contributed by atoms with Gasteiger partial charge in [0.05, 0.1) is 5.69 Å². The van der Waals surface area contributed by atoms with Crippen LogP contribution in [-0.4, -0.2) is 16.9 Å². The minimum atomic E-state index is -0.815. The summed E-state index contributed by atoms with van der Waals surface area (Å²) >= 11 is 1.05. The topological polar surface area (TPSA) is 72.2 Å². The van der Waals surface area contributed by atoms with Crippen LogP contribution in [0.1, 0.15) is 10.4 Å². The Kier molecular flexibility index (Phi) is 2.17. The van der Waals surface area contributed by atoms with Crippen LogP contribution in [0, 0.1) is 0 Å². The average Bonchev–Trinajstić information content (AvgIpc) is 2.18. The average molecular weight is 208 g/mol. The Morgan fingerprint density at radius 1 is 1.43 bits per heavy atom. The molecule has 1 unspecified atom stereocenters. The zero-order valence-corrected chi connectivity index (χ0v) is 8.01. The smallest absolute Gasteiger partial charge is 0.240 e. The Balaban J connectivity index is 2.41. The first-order chi connectivity index (χ1) is 6.70. The monoisotopic (exact) mass is 208 g/mol. The number of carbonyl (C=O) groups is 2. The molecule has 4 nitrogen and oxygen atoms in total. The van der Waals surface area contributed by atoms with Gasteiger partial charge in [-0.1, -0.05) is 12.1 Å². The number of primary amides is 1. The zero-order chi connectivity index (χ0) is 10.1. The molecule has 14 heavy (non-hydrogen) atoms. The van der Waals surface area contributed by atoms with E-state index in [1.165, 1.54) is 0 Å². The summed E-state index contributed by atoms with van der Waals surface area (Å²) in [6, 6.07) is 7.05. The second-order valence-corrected chi connectivity index (χ2v) is 3.82. The highest BCUT2D eigenvalue weighted by Crippen LogP contribution is 2.29. The maximum Gasteiger partial charge on any atom is 0.240 e. The molecule has 0 fully saturated rings. The lowest BCUT2D eigenvalue weighted by molar-refractivity contribution is -0.116. The molecule has 2 rings (SSSR count). The number of hydrogen-bond donors (Lipinski definition) is 2. The number of nitrogens with one attached hydrogen (secondary N) is 1. The third-order valence-electron chi connectivity index (χ3n) is 1.98. The van der Waals surface area contributed by atoms with Crippen molar-refractivity contribution < 1.29 is 9.59 Å². The molecule has 0 radical (unpaired) electrons. The zero-order valence-electron chi connectivity index (χ0n) is 7.19. The highest BCUT2D eigenvalue weighted by Gasteiger charge is 2.31.